The topological polar surface area (TPSA) is 64.7 Å². The first-order chi connectivity index (χ1) is 14.0. The molecule has 160 valence electrons. The van der Waals surface area contributed by atoms with Gasteiger partial charge in [0.2, 0.25) is 11.7 Å². The van der Waals surface area contributed by atoms with Gasteiger partial charge in [0.25, 0.3) is 0 Å². The average molecular weight is 448 g/mol. The highest BCUT2D eigenvalue weighted by molar-refractivity contribution is 6.31. The van der Waals surface area contributed by atoms with Gasteiger partial charge in [0, 0.05) is 0 Å². The van der Waals surface area contributed by atoms with Gasteiger partial charge < -0.3 is 5.32 Å². The Morgan fingerprint density at radius 1 is 0.967 bits per heavy atom. The molecular weight excluding hydrogens is 433 g/mol. The Hall–Kier alpha value is -2.95. The largest absolute Gasteiger partial charge is 0.321 e. The minimum atomic E-state index is -2.23. The molecule has 0 spiro atoms. The van der Waals surface area contributed by atoms with Gasteiger partial charge in [-0.05, 0) is 20.8 Å². The van der Waals surface area contributed by atoms with Crippen LogP contribution in [0.2, 0.25) is 5.02 Å². The molecule has 1 amide bonds. The van der Waals surface area contributed by atoms with E-state index < -0.39 is 47.1 Å². The van der Waals surface area contributed by atoms with Gasteiger partial charge in [-0.2, -0.15) is 10.2 Å². The van der Waals surface area contributed by atoms with E-state index in [1.807, 2.05) is 0 Å². The van der Waals surface area contributed by atoms with E-state index in [0.29, 0.717) is 16.4 Å². The molecule has 0 unspecified atom stereocenters. The zero-order valence-corrected chi connectivity index (χ0v) is 16.7. The second kappa shape index (κ2) is 8.05. The van der Waals surface area contributed by atoms with Gasteiger partial charge in [-0.3, -0.25) is 14.2 Å². The molecule has 3 rings (SSSR count). The molecule has 0 bridgehead atoms. The van der Waals surface area contributed by atoms with E-state index >= 15 is 0 Å². The lowest BCUT2D eigenvalue weighted by atomic mass is 10.1. The fourth-order valence-electron chi connectivity index (χ4n) is 2.87. The van der Waals surface area contributed by atoms with Crippen LogP contribution < -0.4 is 5.32 Å². The summed E-state index contributed by atoms with van der Waals surface area (Å²) in [5.74, 6) is -10.6. The summed E-state index contributed by atoms with van der Waals surface area (Å²) in [7, 11) is 0. The van der Waals surface area contributed by atoms with Crippen molar-refractivity contribution in [2.45, 2.75) is 33.9 Å². The van der Waals surface area contributed by atoms with Crippen LogP contribution in [0.5, 0.6) is 0 Å². The number of nitrogens with one attached hydrogen (secondary N) is 1. The van der Waals surface area contributed by atoms with E-state index in [9.17, 15) is 26.7 Å². The van der Waals surface area contributed by atoms with Crippen molar-refractivity contribution in [2.75, 3.05) is 5.32 Å². The third kappa shape index (κ3) is 3.76. The standard InChI is InChI=1S/C18H15ClF5N5O/c1-7-18(26-12(30)6-28-8(2)11(19)4-25-28)9(3)29(27-7)5-10-13(20)15(22)17(24)16(23)14(10)21/h4H,5-6H2,1-3H3,(H,26,30). The number of aromatic nitrogens is 4. The first-order valence-electron chi connectivity index (χ1n) is 8.55. The van der Waals surface area contributed by atoms with E-state index in [4.69, 9.17) is 11.6 Å². The molecule has 0 aliphatic carbocycles. The minimum absolute atomic E-state index is 0.153. The van der Waals surface area contributed by atoms with E-state index in [1.165, 1.54) is 24.7 Å². The maximum absolute atomic E-state index is 14.0. The molecule has 30 heavy (non-hydrogen) atoms. The molecule has 2 heterocycles. The summed E-state index contributed by atoms with van der Waals surface area (Å²) in [5.41, 5.74) is 0.360. The Kier molecular flexibility index (Phi) is 5.84. The number of halogens is 6. The molecule has 0 aliphatic rings. The van der Waals surface area contributed by atoms with Gasteiger partial charge in [0.15, 0.2) is 23.3 Å². The number of hydrogen-bond acceptors (Lipinski definition) is 3. The van der Waals surface area contributed by atoms with Crippen LogP contribution >= 0.6 is 11.6 Å². The fraction of sp³-hybridized carbons (Fsp3) is 0.278. The van der Waals surface area contributed by atoms with E-state index in [2.05, 4.69) is 15.5 Å². The van der Waals surface area contributed by atoms with Crippen molar-refractivity contribution in [2.24, 2.45) is 0 Å². The van der Waals surface area contributed by atoms with Crippen LogP contribution in [0.4, 0.5) is 27.6 Å². The predicted octanol–water partition coefficient (Wildman–Crippen LogP) is 4.04. The van der Waals surface area contributed by atoms with Crippen LogP contribution in [0.25, 0.3) is 0 Å². The highest BCUT2D eigenvalue weighted by Crippen LogP contribution is 2.26. The summed E-state index contributed by atoms with van der Waals surface area (Å²) >= 11 is 5.89. The maximum Gasteiger partial charge on any atom is 0.246 e. The number of amides is 1. The summed E-state index contributed by atoms with van der Waals surface area (Å²) in [6, 6.07) is 0. The second-order valence-corrected chi connectivity index (χ2v) is 6.94. The summed E-state index contributed by atoms with van der Waals surface area (Å²) in [6.45, 7) is 3.81. The van der Waals surface area contributed by atoms with Gasteiger partial charge in [-0.15, -0.1) is 0 Å². The van der Waals surface area contributed by atoms with Gasteiger partial charge in [-0.25, -0.2) is 22.0 Å². The van der Waals surface area contributed by atoms with Crippen LogP contribution in [-0.4, -0.2) is 25.5 Å². The monoisotopic (exact) mass is 447 g/mol. The van der Waals surface area contributed by atoms with Crippen LogP contribution in [0.15, 0.2) is 6.20 Å². The Morgan fingerprint density at radius 3 is 2.07 bits per heavy atom. The number of aryl methyl sites for hydroxylation is 1. The zero-order valence-electron chi connectivity index (χ0n) is 16.0. The highest BCUT2D eigenvalue weighted by Gasteiger charge is 2.27. The predicted molar refractivity (Wildman–Crippen MR) is 97.6 cm³/mol. The van der Waals surface area contributed by atoms with Crippen LogP contribution in [0, 0.1) is 49.9 Å². The Labute approximate surface area is 172 Å². The normalized spacial score (nSPS) is 11.2. The van der Waals surface area contributed by atoms with Gasteiger partial charge in [0.1, 0.15) is 6.54 Å². The molecule has 0 radical (unpaired) electrons. The molecule has 0 saturated heterocycles. The van der Waals surface area contributed by atoms with Crippen molar-refractivity contribution in [3.8, 4) is 0 Å². The Balaban J connectivity index is 1.86. The second-order valence-electron chi connectivity index (χ2n) is 6.54. The fourth-order valence-corrected chi connectivity index (χ4v) is 3.01. The molecular formula is C18H15ClF5N5O. The third-order valence-corrected chi connectivity index (χ3v) is 4.96. The molecule has 1 N–H and O–H groups in total. The summed E-state index contributed by atoms with van der Waals surface area (Å²) in [6.07, 6.45) is 1.39. The van der Waals surface area contributed by atoms with E-state index in [-0.39, 0.29) is 17.9 Å². The van der Waals surface area contributed by atoms with Crippen molar-refractivity contribution < 1.29 is 26.7 Å². The van der Waals surface area contributed by atoms with Crippen molar-refractivity contribution in [1.29, 1.82) is 0 Å². The first-order valence-corrected chi connectivity index (χ1v) is 8.92. The summed E-state index contributed by atoms with van der Waals surface area (Å²) in [5, 5.41) is 11.0. The molecule has 0 aliphatic heterocycles. The zero-order chi connectivity index (χ0) is 22.3. The van der Waals surface area contributed by atoms with Gasteiger partial charge in [-0.1, -0.05) is 11.6 Å². The van der Waals surface area contributed by atoms with Crippen LogP contribution in [-0.2, 0) is 17.9 Å². The quantitative estimate of drug-likeness (QED) is 0.365. The van der Waals surface area contributed by atoms with E-state index in [1.54, 1.807) is 6.92 Å². The van der Waals surface area contributed by atoms with Crippen molar-refractivity contribution in [1.82, 2.24) is 19.6 Å². The van der Waals surface area contributed by atoms with E-state index in [0.717, 1.165) is 4.68 Å². The number of nitrogens with zero attached hydrogens (tertiary/aromatic N) is 4. The lowest BCUT2D eigenvalue weighted by Crippen LogP contribution is -2.21. The molecule has 1 aromatic carbocycles. The van der Waals surface area contributed by atoms with Gasteiger partial charge >= 0.3 is 0 Å². The molecule has 2 aromatic heterocycles. The number of anilines is 1. The third-order valence-electron chi connectivity index (χ3n) is 4.59. The van der Waals surface area contributed by atoms with Crippen molar-refractivity contribution in [3.63, 3.8) is 0 Å². The number of benzene rings is 1. The highest BCUT2D eigenvalue weighted by atomic mass is 35.5. The minimum Gasteiger partial charge on any atom is -0.321 e. The SMILES string of the molecule is Cc1nn(Cc2c(F)c(F)c(F)c(F)c2F)c(C)c1NC(=O)Cn1ncc(Cl)c1C. The number of hydrogen-bond donors (Lipinski definition) is 1. The smallest absolute Gasteiger partial charge is 0.246 e. The first kappa shape index (κ1) is 21.8. The Bertz CT molecular complexity index is 1130. The molecule has 0 saturated carbocycles. The van der Waals surface area contributed by atoms with Crippen molar-refractivity contribution >= 4 is 23.2 Å². The number of carbonyl (C=O) groups excluding carboxylic acids is 1. The molecule has 6 nitrogen and oxygen atoms in total. The lowest BCUT2D eigenvalue weighted by molar-refractivity contribution is -0.116. The van der Waals surface area contributed by atoms with Crippen LogP contribution in [0.1, 0.15) is 22.6 Å². The maximum atomic E-state index is 14.0. The Morgan fingerprint density at radius 2 is 1.53 bits per heavy atom. The molecule has 3 aromatic rings. The van der Waals surface area contributed by atoms with Crippen LogP contribution in [0.3, 0.4) is 0 Å². The summed E-state index contributed by atoms with van der Waals surface area (Å²) < 4.78 is 70.5. The molecule has 0 fully saturated rings. The van der Waals surface area contributed by atoms with Crippen molar-refractivity contribution in [3.05, 3.63) is 63.0 Å². The lowest BCUT2D eigenvalue weighted by Gasteiger charge is -2.10. The average Bonchev–Trinajstić information content (AvgIpc) is 3.15. The molecule has 0 atom stereocenters. The number of rotatable bonds is 5. The number of carbonyl (C=O) groups is 1. The summed E-state index contributed by atoms with van der Waals surface area (Å²) in [4.78, 5) is 12.3. The molecule has 12 heteroatoms. The van der Waals surface area contributed by atoms with Gasteiger partial charge in [0.05, 0.1) is 46.1 Å².